The molecule has 1 amide bonds. The van der Waals surface area contributed by atoms with Gasteiger partial charge in [-0.3, -0.25) is 9.36 Å². The number of pyridine rings is 1. The predicted molar refractivity (Wildman–Crippen MR) is 68.5 cm³/mol. The second kappa shape index (κ2) is 5.44. The quantitative estimate of drug-likeness (QED) is 0.880. The average Bonchev–Trinajstić information content (AvgIpc) is 2.78. The standard InChI is InChI=1S/C13H16N4O/c1-10-3-4-13(15-7-10)17-8-12(16-9-17)5-6-14-11(2)18/h3-4,7-9H,5-6H2,1-2H3,(H,14,18). The Hall–Kier alpha value is -2.17. The second-order valence-corrected chi connectivity index (χ2v) is 4.20. The van der Waals surface area contributed by atoms with Crippen molar-refractivity contribution in [3.05, 3.63) is 42.1 Å². The number of hydrogen-bond acceptors (Lipinski definition) is 3. The van der Waals surface area contributed by atoms with Crippen molar-refractivity contribution >= 4 is 5.91 Å². The van der Waals surface area contributed by atoms with Crippen LogP contribution in [0.2, 0.25) is 0 Å². The summed E-state index contributed by atoms with van der Waals surface area (Å²) in [5, 5.41) is 2.75. The van der Waals surface area contributed by atoms with Gasteiger partial charge in [-0.2, -0.15) is 0 Å². The van der Waals surface area contributed by atoms with Crippen molar-refractivity contribution < 1.29 is 4.79 Å². The maximum atomic E-state index is 10.7. The van der Waals surface area contributed by atoms with Crippen LogP contribution in [0, 0.1) is 6.92 Å². The summed E-state index contributed by atoms with van der Waals surface area (Å²) in [5.74, 6) is 0.827. The fraction of sp³-hybridized carbons (Fsp3) is 0.308. The molecule has 5 heteroatoms. The number of aromatic nitrogens is 3. The average molecular weight is 244 g/mol. The third-order valence-electron chi connectivity index (χ3n) is 2.55. The van der Waals surface area contributed by atoms with E-state index < -0.39 is 0 Å². The molecule has 0 aliphatic carbocycles. The molecule has 0 aliphatic rings. The molecular formula is C13H16N4O. The van der Waals surface area contributed by atoms with Crippen molar-refractivity contribution in [1.29, 1.82) is 0 Å². The molecule has 0 unspecified atom stereocenters. The molecule has 0 atom stereocenters. The van der Waals surface area contributed by atoms with Gasteiger partial charge in [0, 0.05) is 32.3 Å². The molecule has 0 bridgehead atoms. The number of rotatable bonds is 4. The first-order chi connectivity index (χ1) is 8.65. The van der Waals surface area contributed by atoms with Gasteiger partial charge >= 0.3 is 0 Å². The molecule has 0 aliphatic heterocycles. The van der Waals surface area contributed by atoms with Crippen LogP contribution in [0.15, 0.2) is 30.9 Å². The van der Waals surface area contributed by atoms with E-state index in [2.05, 4.69) is 15.3 Å². The Bertz CT molecular complexity index is 530. The Labute approximate surface area is 106 Å². The maximum absolute atomic E-state index is 10.7. The Morgan fingerprint density at radius 1 is 1.39 bits per heavy atom. The highest BCUT2D eigenvalue weighted by Gasteiger charge is 2.02. The summed E-state index contributed by atoms with van der Waals surface area (Å²) in [6.07, 6.45) is 6.21. The second-order valence-electron chi connectivity index (χ2n) is 4.20. The van der Waals surface area contributed by atoms with E-state index in [1.807, 2.05) is 36.0 Å². The van der Waals surface area contributed by atoms with Crippen molar-refractivity contribution in [2.75, 3.05) is 6.54 Å². The van der Waals surface area contributed by atoms with Crippen molar-refractivity contribution in [1.82, 2.24) is 19.9 Å². The topological polar surface area (TPSA) is 59.8 Å². The third kappa shape index (κ3) is 3.16. The molecular weight excluding hydrogens is 228 g/mol. The van der Waals surface area contributed by atoms with Gasteiger partial charge < -0.3 is 5.32 Å². The van der Waals surface area contributed by atoms with Crippen LogP contribution in [0.25, 0.3) is 5.82 Å². The lowest BCUT2D eigenvalue weighted by Crippen LogP contribution is -2.22. The Kier molecular flexibility index (Phi) is 3.72. The van der Waals surface area contributed by atoms with Gasteiger partial charge in [0.1, 0.15) is 12.1 Å². The molecule has 2 aromatic rings. The minimum Gasteiger partial charge on any atom is -0.356 e. The zero-order valence-electron chi connectivity index (χ0n) is 10.6. The first-order valence-electron chi connectivity index (χ1n) is 5.85. The largest absolute Gasteiger partial charge is 0.356 e. The molecule has 5 nitrogen and oxygen atoms in total. The fourth-order valence-corrected chi connectivity index (χ4v) is 1.60. The van der Waals surface area contributed by atoms with Gasteiger partial charge in [0.05, 0.1) is 5.69 Å². The van der Waals surface area contributed by atoms with E-state index in [9.17, 15) is 4.79 Å². The summed E-state index contributed by atoms with van der Waals surface area (Å²) in [7, 11) is 0. The molecule has 2 aromatic heterocycles. The number of carbonyl (C=O) groups is 1. The molecule has 94 valence electrons. The number of aryl methyl sites for hydroxylation is 1. The number of carbonyl (C=O) groups excluding carboxylic acids is 1. The van der Waals surface area contributed by atoms with E-state index in [1.54, 1.807) is 6.33 Å². The van der Waals surface area contributed by atoms with E-state index in [-0.39, 0.29) is 5.91 Å². The van der Waals surface area contributed by atoms with Gasteiger partial charge in [-0.05, 0) is 18.6 Å². The van der Waals surface area contributed by atoms with Gasteiger partial charge in [0.2, 0.25) is 5.91 Å². The lowest BCUT2D eigenvalue weighted by molar-refractivity contribution is -0.118. The Morgan fingerprint density at radius 3 is 2.89 bits per heavy atom. The molecule has 18 heavy (non-hydrogen) atoms. The Morgan fingerprint density at radius 2 is 2.22 bits per heavy atom. The van der Waals surface area contributed by atoms with Crippen LogP contribution in [0.5, 0.6) is 0 Å². The van der Waals surface area contributed by atoms with Crippen molar-refractivity contribution in [3.63, 3.8) is 0 Å². The van der Waals surface area contributed by atoms with Crippen LogP contribution in [0.3, 0.4) is 0 Å². The number of imidazole rings is 1. The summed E-state index contributed by atoms with van der Waals surface area (Å²) < 4.78 is 1.88. The van der Waals surface area contributed by atoms with Gasteiger partial charge in [-0.15, -0.1) is 0 Å². The molecule has 1 N–H and O–H groups in total. The summed E-state index contributed by atoms with van der Waals surface area (Å²) in [6.45, 7) is 4.12. The summed E-state index contributed by atoms with van der Waals surface area (Å²) in [4.78, 5) is 19.4. The molecule has 0 fully saturated rings. The number of nitrogens with one attached hydrogen (secondary N) is 1. The van der Waals surface area contributed by atoms with Crippen LogP contribution in [-0.4, -0.2) is 27.0 Å². The number of hydrogen-bond donors (Lipinski definition) is 1. The molecule has 0 radical (unpaired) electrons. The highest BCUT2D eigenvalue weighted by molar-refractivity contribution is 5.72. The van der Waals surface area contributed by atoms with Crippen molar-refractivity contribution in [2.24, 2.45) is 0 Å². The van der Waals surface area contributed by atoms with Crippen molar-refractivity contribution in [3.8, 4) is 5.82 Å². The summed E-state index contributed by atoms with van der Waals surface area (Å²) >= 11 is 0. The highest BCUT2D eigenvalue weighted by Crippen LogP contribution is 2.06. The van der Waals surface area contributed by atoms with Crippen LogP contribution < -0.4 is 5.32 Å². The normalized spacial score (nSPS) is 10.3. The molecule has 0 saturated carbocycles. The summed E-state index contributed by atoms with van der Waals surface area (Å²) in [5.41, 5.74) is 2.07. The van der Waals surface area contributed by atoms with Crippen LogP contribution in [0.1, 0.15) is 18.2 Å². The zero-order valence-corrected chi connectivity index (χ0v) is 10.6. The predicted octanol–water partition coefficient (Wildman–Crippen LogP) is 1.25. The monoisotopic (exact) mass is 244 g/mol. The lowest BCUT2D eigenvalue weighted by Gasteiger charge is -2.00. The molecule has 0 saturated heterocycles. The molecule has 0 aromatic carbocycles. The van der Waals surface area contributed by atoms with E-state index in [0.29, 0.717) is 6.54 Å². The molecule has 2 rings (SSSR count). The minimum atomic E-state index is -0.0189. The van der Waals surface area contributed by atoms with E-state index >= 15 is 0 Å². The maximum Gasteiger partial charge on any atom is 0.216 e. The number of nitrogens with zero attached hydrogens (tertiary/aromatic N) is 3. The minimum absolute atomic E-state index is 0.0189. The Balaban J connectivity index is 2.01. The first kappa shape index (κ1) is 12.3. The summed E-state index contributed by atoms with van der Waals surface area (Å²) in [6, 6.07) is 3.97. The van der Waals surface area contributed by atoms with E-state index in [0.717, 1.165) is 23.5 Å². The molecule has 0 spiro atoms. The number of amides is 1. The highest BCUT2D eigenvalue weighted by atomic mass is 16.1. The van der Waals surface area contributed by atoms with Gasteiger partial charge in [-0.1, -0.05) is 6.07 Å². The zero-order chi connectivity index (χ0) is 13.0. The fourth-order valence-electron chi connectivity index (χ4n) is 1.60. The van der Waals surface area contributed by atoms with Crippen LogP contribution >= 0.6 is 0 Å². The van der Waals surface area contributed by atoms with Gasteiger partial charge in [-0.25, -0.2) is 9.97 Å². The SMILES string of the molecule is CC(=O)NCCc1cn(-c2ccc(C)cn2)cn1. The van der Waals surface area contributed by atoms with Gasteiger partial charge in [0.25, 0.3) is 0 Å². The van der Waals surface area contributed by atoms with Gasteiger partial charge in [0.15, 0.2) is 0 Å². The first-order valence-corrected chi connectivity index (χ1v) is 5.85. The smallest absolute Gasteiger partial charge is 0.216 e. The van der Waals surface area contributed by atoms with Crippen molar-refractivity contribution in [2.45, 2.75) is 20.3 Å². The van der Waals surface area contributed by atoms with E-state index in [1.165, 1.54) is 6.92 Å². The third-order valence-corrected chi connectivity index (χ3v) is 2.55. The molecule has 2 heterocycles. The lowest BCUT2D eigenvalue weighted by atomic mass is 10.3. The van der Waals surface area contributed by atoms with Crippen LogP contribution in [0.4, 0.5) is 0 Å². The van der Waals surface area contributed by atoms with E-state index in [4.69, 9.17) is 0 Å². The van der Waals surface area contributed by atoms with Crippen LogP contribution in [-0.2, 0) is 11.2 Å².